The summed E-state index contributed by atoms with van der Waals surface area (Å²) < 4.78 is 18.8. The minimum atomic E-state index is -0.764. The van der Waals surface area contributed by atoms with Gasteiger partial charge < -0.3 is 19.5 Å². The number of H-pyrrole nitrogens is 1. The highest BCUT2D eigenvalue weighted by atomic mass is 35.5. The van der Waals surface area contributed by atoms with E-state index < -0.39 is 11.9 Å². The monoisotopic (exact) mass is 382 g/mol. The first kappa shape index (κ1) is 20.2. The second-order valence-electron chi connectivity index (χ2n) is 6.37. The topological polar surface area (TPSA) is 61.5 Å². The summed E-state index contributed by atoms with van der Waals surface area (Å²) in [6, 6.07) is 3.82. The predicted molar refractivity (Wildman–Crippen MR) is 98.8 cm³/mol. The number of rotatable bonds is 8. The molecule has 1 aromatic carbocycles. The molecule has 142 valence electrons. The lowest BCUT2D eigenvalue weighted by atomic mass is 10.2. The van der Waals surface area contributed by atoms with Crippen LogP contribution in [0.1, 0.15) is 18.3 Å². The van der Waals surface area contributed by atoms with Crippen LogP contribution in [0.15, 0.2) is 24.5 Å². The van der Waals surface area contributed by atoms with Crippen LogP contribution < -0.4 is 4.74 Å². The summed E-state index contributed by atoms with van der Waals surface area (Å²) in [5, 5.41) is 0.132. The molecule has 1 unspecified atom stereocenters. The molecule has 1 aromatic heterocycles. The van der Waals surface area contributed by atoms with E-state index in [-0.39, 0.29) is 16.7 Å². The number of ether oxygens (including phenoxy) is 1. The Morgan fingerprint density at radius 2 is 2.12 bits per heavy atom. The Bertz CT molecular complexity index is 751. The SMILES string of the molecule is Cc1[nH]cnc1CN(CCN(C)C)C(=O)C(C)Oc1ccc(F)cc1Cl. The van der Waals surface area contributed by atoms with Gasteiger partial charge in [0, 0.05) is 18.8 Å². The summed E-state index contributed by atoms with van der Waals surface area (Å²) in [5.41, 5.74) is 1.73. The standard InChI is InChI=1S/C18H24ClFN4O2/c1-12-16(22-11-21-12)10-24(8-7-23(3)4)18(25)13(2)26-17-6-5-14(20)9-15(17)19/h5-6,9,11,13H,7-8,10H2,1-4H3,(H,21,22). The summed E-state index contributed by atoms with van der Waals surface area (Å²) in [5.74, 6) is -0.366. The van der Waals surface area contributed by atoms with Gasteiger partial charge in [-0.15, -0.1) is 0 Å². The molecule has 1 amide bonds. The van der Waals surface area contributed by atoms with Crippen molar-refractivity contribution in [1.82, 2.24) is 19.8 Å². The molecule has 1 N–H and O–H groups in total. The number of halogens is 2. The number of nitrogens with zero attached hydrogens (tertiary/aromatic N) is 3. The molecule has 0 bridgehead atoms. The highest BCUT2D eigenvalue weighted by Crippen LogP contribution is 2.26. The van der Waals surface area contributed by atoms with E-state index in [0.29, 0.717) is 19.6 Å². The van der Waals surface area contributed by atoms with Crippen LogP contribution in [-0.4, -0.2) is 59.0 Å². The molecular formula is C18H24ClFN4O2. The average molecular weight is 383 g/mol. The first-order chi connectivity index (χ1) is 12.3. The molecule has 6 nitrogen and oxygen atoms in total. The molecule has 0 spiro atoms. The van der Waals surface area contributed by atoms with E-state index in [4.69, 9.17) is 16.3 Å². The summed E-state index contributed by atoms with van der Waals surface area (Å²) >= 11 is 5.99. The van der Waals surface area contributed by atoms with Crippen LogP contribution in [0.2, 0.25) is 5.02 Å². The van der Waals surface area contributed by atoms with Crippen molar-refractivity contribution in [2.45, 2.75) is 26.5 Å². The smallest absolute Gasteiger partial charge is 0.263 e. The van der Waals surface area contributed by atoms with E-state index in [1.807, 2.05) is 25.9 Å². The Labute approximate surface area is 157 Å². The second-order valence-corrected chi connectivity index (χ2v) is 6.78. The van der Waals surface area contributed by atoms with Crippen LogP contribution in [0.5, 0.6) is 5.75 Å². The lowest BCUT2D eigenvalue weighted by molar-refractivity contribution is -0.138. The Morgan fingerprint density at radius 1 is 1.38 bits per heavy atom. The molecule has 8 heteroatoms. The molecule has 0 saturated carbocycles. The molecule has 2 rings (SSSR count). The molecule has 0 saturated heterocycles. The third kappa shape index (κ3) is 5.44. The van der Waals surface area contributed by atoms with Crippen LogP contribution in [0, 0.1) is 12.7 Å². The maximum atomic E-state index is 13.2. The molecule has 0 aliphatic heterocycles. The zero-order chi connectivity index (χ0) is 19.3. The fourth-order valence-electron chi connectivity index (χ4n) is 2.38. The number of carbonyl (C=O) groups is 1. The van der Waals surface area contributed by atoms with Crippen molar-refractivity contribution in [3.05, 3.63) is 46.8 Å². The number of hydrogen-bond acceptors (Lipinski definition) is 4. The largest absolute Gasteiger partial charge is 0.479 e. The van der Waals surface area contributed by atoms with Gasteiger partial charge in [0.2, 0.25) is 0 Å². The first-order valence-electron chi connectivity index (χ1n) is 8.32. The van der Waals surface area contributed by atoms with Crippen molar-refractivity contribution in [1.29, 1.82) is 0 Å². The van der Waals surface area contributed by atoms with Crippen LogP contribution >= 0.6 is 11.6 Å². The number of aryl methyl sites for hydroxylation is 1. The van der Waals surface area contributed by atoms with Crippen LogP contribution in [-0.2, 0) is 11.3 Å². The van der Waals surface area contributed by atoms with E-state index >= 15 is 0 Å². The van der Waals surface area contributed by atoms with Gasteiger partial charge in [0.05, 0.1) is 23.6 Å². The van der Waals surface area contributed by atoms with Gasteiger partial charge in [0.1, 0.15) is 11.6 Å². The minimum Gasteiger partial charge on any atom is -0.479 e. The summed E-state index contributed by atoms with van der Waals surface area (Å²) in [6.45, 7) is 5.19. The third-order valence-electron chi connectivity index (χ3n) is 3.95. The molecule has 0 aliphatic rings. The van der Waals surface area contributed by atoms with Gasteiger partial charge in [-0.3, -0.25) is 4.79 Å². The van der Waals surface area contributed by atoms with Gasteiger partial charge in [-0.05, 0) is 46.1 Å². The fourth-order valence-corrected chi connectivity index (χ4v) is 2.60. The highest BCUT2D eigenvalue weighted by Gasteiger charge is 2.24. The number of benzene rings is 1. The number of aromatic amines is 1. The predicted octanol–water partition coefficient (Wildman–Crippen LogP) is 2.87. The van der Waals surface area contributed by atoms with Crippen molar-refractivity contribution >= 4 is 17.5 Å². The van der Waals surface area contributed by atoms with E-state index in [1.54, 1.807) is 18.2 Å². The van der Waals surface area contributed by atoms with Crippen molar-refractivity contribution < 1.29 is 13.9 Å². The molecule has 2 aromatic rings. The number of hydrogen-bond donors (Lipinski definition) is 1. The molecule has 26 heavy (non-hydrogen) atoms. The molecular weight excluding hydrogens is 359 g/mol. The molecule has 0 fully saturated rings. The molecule has 0 radical (unpaired) electrons. The Hall–Kier alpha value is -2.12. The highest BCUT2D eigenvalue weighted by molar-refractivity contribution is 6.32. The minimum absolute atomic E-state index is 0.132. The van der Waals surface area contributed by atoms with Gasteiger partial charge in [-0.2, -0.15) is 0 Å². The normalized spacial score (nSPS) is 12.3. The summed E-state index contributed by atoms with van der Waals surface area (Å²) in [6.07, 6.45) is 0.844. The van der Waals surface area contributed by atoms with Gasteiger partial charge in [0.25, 0.3) is 5.91 Å². The zero-order valence-electron chi connectivity index (χ0n) is 15.4. The summed E-state index contributed by atoms with van der Waals surface area (Å²) in [7, 11) is 3.89. The average Bonchev–Trinajstić information content (AvgIpc) is 2.98. The van der Waals surface area contributed by atoms with Gasteiger partial charge >= 0.3 is 0 Å². The van der Waals surface area contributed by atoms with Gasteiger partial charge in [0.15, 0.2) is 6.10 Å². The fraction of sp³-hybridized carbons (Fsp3) is 0.444. The van der Waals surface area contributed by atoms with Crippen molar-refractivity contribution in [3.8, 4) is 5.75 Å². The molecule has 1 atom stereocenters. The van der Waals surface area contributed by atoms with E-state index in [2.05, 4.69) is 9.97 Å². The van der Waals surface area contributed by atoms with Crippen molar-refractivity contribution in [2.75, 3.05) is 27.2 Å². The van der Waals surface area contributed by atoms with Crippen LogP contribution in [0.4, 0.5) is 4.39 Å². The Morgan fingerprint density at radius 3 is 2.69 bits per heavy atom. The molecule has 0 aliphatic carbocycles. The number of amides is 1. The first-order valence-corrected chi connectivity index (χ1v) is 8.69. The van der Waals surface area contributed by atoms with Crippen molar-refractivity contribution in [2.24, 2.45) is 0 Å². The van der Waals surface area contributed by atoms with Gasteiger partial charge in [-0.25, -0.2) is 9.37 Å². The second kappa shape index (κ2) is 9.00. The van der Waals surface area contributed by atoms with E-state index in [1.165, 1.54) is 12.1 Å². The Balaban J connectivity index is 2.11. The zero-order valence-corrected chi connectivity index (χ0v) is 16.2. The van der Waals surface area contributed by atoms with Crippen LogP contribution in [0.25, 0.3) is 0 Å². The van der Waals surface area contributed by atoms with Crippen molar-refractivity contribution in [3.63, 3.8) is 0 Å². The lowest BCUT2D eigenvalue weighted by Gasteiger charge is -2.27. The van der Waals surface area contributed by atoms with Gasteiger partial charge in [-0.1, -0.05) is 11.6 Å². The number of carbonyl (C=O) groups excluding carboxylic acids is 1. The third-order valence-corrected chi connectivity index (χ3v) is 4.24. The van der Waals surface area contributed by atoms with E-state index in [0.717, 1.165) is 17.5 Å². The summed E-state index contributed by atoms with van der Waals surface area (Å²) in [4.78, 5) is 23.9. The number of aromatic nitrogens is 2. The van der Waals surface area contributed by atoms with E-state index in [9.17, 15) is 9.18 Å². The number of nitrogens with one attached hydrogen (secondary N) is 1. The maximum absolute atomic E-state index is 13.2. The Kier molecular flexibility index (Phi) is 6.99. The maximum Gasteiger partial charge on any atom is 0.263 e. The number of likely N-dealkylation sites (N-methyl/N-ethyl adjacent to an activating group) is 1. The number of imidazole rings is 1. The quantitative estimate of drug-likeness (QED) is 0.762. The molecule has 1 heterocycles. The lowest BCUT2D eigenvalue weighted by Crippen LogP contribution is -2.43. The van der Waals surface area contributed by atoms with Crippen LogP contribution in [0.3, 0.4) is 0 Å².